The van der Waals surface area contributed by atoms with E-state index in [1.807, 2.05) is 79.7 Å². The van der Waals surface area contributed by atoms with Crippen LogP contribution in [0.3, 0.4) is 0 Å². The van der Waals surface area contributed by atoms with Gasteiger partial charge < -0.3 is 10.2 Å². The number of likely N-dealkylation sites (N-methyl/N-ethyl adjacent to an activating group) is 1. The monoisotopic (exact) mass is 428 g/mol. The minimum absolute atomic E-state index is 0.0672. The van der Waals surface area contributed by atoms with Gasteiger partial charge in [-0.1, -0.05) is 66.4 Å². The quantitative estimate of drug-likeness (QED) is 0.577. The van der Waals surface area contributed by atoms with Crippen molar-refractivity contribution in [1.82, 2.24) is 5.32 Å². The number of amides is 2. The van der Waals surface area contributed by atoms with E-state index in [0.717, 1.165) is 28.1 Å². The van der Waals surface area contributed by atoms with Crippen LogP contribution in [0.5, 0.6) is 0 Å². The summed E-state index contributed by atoms with van der Waals surface area (Å²) >= 11 is 1.45. The molecule has 0 bridgehead atoms. The van der Waals surface area contributed by atoms with Gasteiger partial charge in [-0.2, -0.15) is 0 Å². The van der Waals surface area contributed by atoms with Crippen LogP contribution in [0.25, 0.3) is 6.08 Å². The minimum atomic E-state index is -0.133. The van der Waals surface area contributed by atoms with Crippen LogP contribution in [0.1, 0.15) is 27.0 Å². The average molecular weight is 429 g/mol. The van der Waals surface area contributed by atoms with E-state index in [0.29, 0.717) is 17.0 Å². The molecule has 0 saturated carbocycles. The first kappa shape index (κ1) is 20.9. The van der Waals surface area contributed by atoms with Crippen molar-refractivity contribution in [2.24, 2.45) is 0 Å². The highest BCUT2D eigenvalue weighted by molar-refractivity contribution is 8.04. The number of thioether (sulfide) groups is 1. The van der Waals surface area contributed by atoms with E-state index in [1.54, 1.807) is 18.0 Å². The van der Waals surface area contributed by atoms with Crippen LogP contribution in [0.2, 0.25) is 0 Å². The number of fused-ring (bicyclic) bond motifs is 1. The molecule has 1 heterocycles. The van der Waals surface area contributed by atoms with Crippen molar-refractivity contribution >= 4 is 35.3 Å². The van der Waals surface area contributed by atoms with Crippen LogP contribution in [-0.2, 0) is 11.2 Å². The lowest BCUT2D eigenvalue weighted by Crippen LogP contribution is -2.31. The third kappa shape index (κ3) is 4.72. The Balaban J connectivity index is 1.49. The minimum Gasteiger partial charge on any atom is -0.352 e. The van der Waals surface area contributed by atoms with Crippen LogP contribution in [0, 0.1) is 6.92 Å². The summed E-state index contributed by atoms with van der Waals surface area (Å²) in [5.74, 6) is -0.201. The molecule has 0 unspecified atom stereocenters. The molecule has 2 amide bonds. The standard InChI is InChI=1S/C26H24N2O2S/c1-18-8-6-7-11-20(18)17-24-26(30)28(2)22-16-21(12-13-23(22)31-24)25(29)27-15-14-19-9-4-3-5-10-19/h3-13,16-17H,14-15H2,1-2H3,(H,27,29). The SMILES string of the molecule is Cc1ccccc1C=C1Sc2ccc(C(=O)NCCc3ccccc3)cc2N(C)C1=O. The van der Waals surface area contributed by atoms with E-state index in [4.69, 9.17) is 0 Å². The number of anilines is 1. The zero-order valence-electron chi connectivity index (χ0n) is 17.6. The molecule has 0 aliphatic carbocycles. The number of carbonyl (C=O) groups is 2. The van der Waals surface area contributed by atoms with Gasteiger partial charge in [-0.3, -0.25) is 9.59 Å². The fourth-order valence-electron chi connectivity index (χ4n) is 3.49. The molecule has 156 valence electrons. The van der Waals surface area contributed by atoms with E-state index in [9.17, 15) is 9.59 Å². The molecular weight excluding hydrogens is 404 g/mol. The molecule has 3 aromatic carbocycles. The smallest absolute Gasteiger partial charge is 0.264 e. The number of nitrogens with one attached hydrogen (secondary N) is 1. The van der Waals surface area contributed by atoms with Crippen LogP contribution >= 0.6 is 11.8 Å². The first-order chi connectivity index (χ1) is 15.0. The van der Waals surface area contributed by atoms with Crippen LogP contribution in [0.4, 0.5) is 5.69 Å². The van der Waals surface area contributed by atoms with Gasteiger partial charge in [0.2, 0.25) is 0 Å². The van der Waals surface area contributed by atoms with E-state index < -0.39 is 0 Å². The Kier molecular flexibility index (Phi) is 6.23. The summed E-state index contributed by atoms with van der Waals surface area (Å²) in [6.45, 7) is 2.59. The van der Waals surface area contributed by atoms with E-state index in [2.05, 4.69) is 5.32 Å². The van der Waals surface area contributed by atoms with E-state index >= 15 is 0 Å². The first-order valence-corrected chi connectivity index (χ1v) is 11.0. The Morgan fingerprint density at radius 2 is 1.77 bits per heavy atom. The number of hydrogen-bond acceptors (Lipinski definition) is 3. The maximum atomic E-state index is 13.0. The number of carbonyl (C=O) groups excluding carboxylic acids is 2. The number of aryl methyl sites for hydroxylation is 1. The van der Waals surface area contributed by atoms with Crippen molar-refractivity contribution in [2.45, 2.75) is 18.2 Å². The van der Waals surface area contributed by atoms with Crippen molar-refractivity contribution < 1.29 is 9.59 Å². The molecule has 3 aromatic rings. The molecule has 1 N–H and O–H groups in total. The van der Waals surface area contributed by atoms with Gasteiger partial charge in [0.1, 0.15) is 0 Å². The Morgan fingerprint density at radius 1 is 1.03 bits per heavy atom. The molecule has 1 aliphatic rings. The molecule has 0 saturated heterocycles. The van der Waals surface area contributed by atoms with Gasteiger partial charge in [-0.05, 0) is 54.3 Å². The zero-order chi connectivity index (χ0) is 21.8. The summed E-state index contributed by atoms with van der Waals surface area (Å²) in [5, 5.41) is 2.97. The average Bonchev–Trinajstić information content (AvgIpc) is 2.79. The highest BCUT2D eigenvalue weighted by atomic mass is 32.2. The summed E-state index contributed by atoms with van der Waals surface area (Å²) in [7, 11) is 1.75. The Morgan fingerprint density at radius 3 is 2.55 bits per heavy atom. The highest BCUT2D eigenvalue weighted by Crippen LogP contribution is 2.42. The summed E-state index contributed by atoms with van der Waals surface area (Å²) in [6.07, 6.45) is 2.71. The molecule has 4 nitrogen and oxygen atoms in total. The van der Waals surface area contributed by atoms with Crippen LogP contribution in [-0.4, -0.2) is 25.4 Å². The topological polar surface area (TPSA) is 49.4 Å². The van der Waals surface area contributed by atoms with Gasteiger partial charge in [-0.25, -0.2) is 0 Å². The van der Waals surface area contributed by atoms with Gasteiger partial charge >= 0.3 is 0 Å². The fraction of sp³-hybridized carbons (Fsp3) is 0.154. The van der Waals surface area contributed by atoms with Gasteiger partial charge in [-0.15, -0.1) is 0 Å². The Bertz CT molecular complexity index is 1160. The number of hydrogen-bond donors (Lipinski definition) is 1. The van der Waals surface area contributed by atoms with Crippen LogP contribution in [0.15, 0.2) is 82.6 Å². The van der Waals surface area contributed by atoms with Crippen molar-refractivity contribution in [3.8, 4) is 0 Å². The molecule has 0 atom stereocenters. The molecule has 1 aliphatic heterocycles. The summed E-state index contributed by atoms with van der Waals surface area (Å²) in [4.78, 5) is 28.8. The second kappa shape index (κ2) is 9.23. The molecule has 0 aromatic heterocycles. The summed E-state index contributed by atoms with van der Waals surface area (Å²) in [6, 6.07) is 23.6. The molecule has 5 heteroatoms. The van der Waals surface area contributed by atoms with E-state index in [-0.39, 0.29) is 11.8 Å². The van der Waals surface area contributed by atoms with Crippen molar-refractivity contribution in [2.75, 3.05) is 18.5 Å². The summed E-state index contributed by atoms with van der Waals surface area (Å²) in [5.41, 5.74) is 4.65. The Hall–Kier alpha value is -3.31. The van der Waals surface area contributed by atoms with Crippen molar-refractivity contribution in [3.05, 3.63) is 100.0 Å². The molecular formula is C26H24N2O2S. The van der Waals surface area contributed by atoms with Crippen molar-refractivity contribution in [3.63, 3.8) is 0 Å². The first-order valence-electron chi connectivity index (χ1n) is 10.2. The normalized spacial score (nSPS) is 14.5. The molecule has 4 rings (SSSR count). The number of benzene rings is 3. The molecule has 31 heavy (non-hydrogen) atoms. The Labute approximate surface area is 187 Å². The largest absolute Gasteiger partial charge is 0.352 e. The highest BCUT2D eigenvalue weighted by Gasteiger charge is 2.27. The van der Waals surface area contributed by atoms with Gasteiger partial charge in [0.25, 0.3) is 11.8 Å². The second-order valence-corrected chi connectivity index (χ2v) is 8.59. The number of rotatable bonds is 5. The van der Waals surface area contributed by atoms with E-state index in [1.165, 1.54) is 17.3 Å². The lowest BCUT2D eigenvalue weighted by Gasteiger charge is -2.27. The van der Waals surface area contributed by atoms with Crippen molar-refractivity contribution in [1.29, 1.82) is 0 Å². The molecule has 0 fully saturated rings. The maximum absolute atomic E-state index is 13.0. The predicted molar refractivity (Wildman–Crippen MR) is 127 cm³/mol. The van der Waals surface area contributed by atoms with Gasteiger partial charge in [0, 0.05) is 24.1 Å². The number of nitrogens with zero attached hydrogens (tertiary/aromatic N) is 1. The molecule has 0 radical (unpaired) electrons. The second-order valence-electron chi connectivity index (χ2n) is 7.51. The third-order valence-electron chi connectivity index (χ3n) is 5.33. The maximum Gasteiger partial charge on any atom is 0.264 e. The van der Waals surface area contributed by atoms with Crippen LogP contribution < -0.4 is 10.2 Å². The zero-order valence-corrected chi connectivity index (χ0v) is 18.4. The third-order valence-corrected chi connectivity index (χ3v) is 6.41. The molecule has 0 spiro atoms. The lowest BCUT2D eigenvalue weighted by molar-refractivity contribution is -0.114. The lowest BCUT2D eigenvalue weighted by atomic mass is 10.1. The van der Waals surface area contributed by atoms with Gasteiger partial charge in [0.05, 0.1) is 10.6 Å². The predicted octanol–water partition coefficient (Wildman–Crippen LogP) is 5.08. The van der Waals surface area contributed by atoms with Gasteiger partial charge in [0.15, 0.2) is 0 Å². The fourth-order valence-corrected chi connectivity index (χ4v) is 4.58. The summed E-state index contributed by atoms with van der Waals surface area (Å²) < 4.78 is 0.